The van der Waals surface area contributed by atoms with Crippen molar-refractivity contribution in [2.24, 2.45) is 0 Å². The number of aromatic amines is 1. The van der Waals surface area contributed by atoms with Gasteiger partial charge in [0.25, 0.3) is 0 Å². The molecule has 0 aliphatic rings. The van der Waals surface area contributed by atoms with Crippen LogP contribution in [-0.2, 0) is 0 Å². The van der Waals surface area contributed by atoms with Crippen molar-refractivity contribution >= 4 is 11.0 Å². The third-order valence-corrected chi connectivity index (χ3v) is 2.98. The lowest BCUT2D eigenvalue weighted by atomic mass is 10.0. The number of hydrogen-bond acceptors (Lipinski definition) is 2. The number of pyridine rings is 1. The average Bonchev–Trinajstić information content (AvgIpc) is 2.86. The van der Waals surface area contributed by atoms with Gasteiger partial charge < -0.3 is 9.72 Å². The third kappa shape index (κ3) is 2.32. The molecule has 3 heteroatoms. The first-order valence-electron chi connectivity index (χ1n) is 6.43. The molecule has 0 aliphatic heterocycles. The number of nitrogens with zero attached hydrogens (tertiary/aromatic N) is 1. The highest BCUT2D eigenvalue weighted by molar-refractivity contribution is 5.92. The molecular formula is C16H16N2O. The summed E-state index contributed by atoms with van der Waals surface area (Å²) in [7, 11) is 0. The summed E-state index contributed by atoms with van der Waals surface area (Å²) >= 11 is 0. The van der Waals surface area contributed by atoms with Gasteiger partial charge in [-0.1, -0.05) is 12.1 Å². The number of rotatable bonds is 3. The second-order valence-corrected chi connectivity index (χ2v) is 4.79. The summed E-state index contributed by atoms with van der Waals surface area (Å²) in [6, 6.07) is 12.3. The predicted octanol–water partition coefficient (Wildman–Crippen LogP) is 4.02. The second kappa shape index (κ2) is 4.76. The molecule has 0 atom stereocenters. The van der Waals surface area contributed by atoms with Gasteiger partial charge in [0.15, 0.2) is 0 Å². The first kappa shape index (κ1) is 11.8. The zero-order valence-corrected chi connectivity index (χ0v) is 11.1. The van der Waals surface area contributed by atoms with Crippen LogP contribution in [-0.4, -0.2) is 16.1 Å². The van der Waals surface area contributed by atoms with E-state index in [0.29, 0.717) is 0 Å². The van der Waals surface area contributed by atoms with Crippen LogP contribution in [0.1, 0.15) is 13.8 Å². The average molecular weight is 252 g/mol. The van der Waals surface area contributed by atoms with Crippen molar-refractivity contribution in [2.45, 2.75) is 20.0 Å². The van der Waals surface area contributed by atoms with Gasteiger partial charge in [0.1, 0.15) is 11.4 Å². The molecule has 3 nitrogen and oxygen atoms in total. The van der Waals surface area contributed by atoms with Gasteiger partial charge in [0.05, 0.1) is 6.10 Å². The fourth-order valence-electron chi connectivity index (χ4n) is 2.22. The molecule has 0 bridgehead atoms. The number of aromatic nitrogens is 2. The van der Waals surface area contributed by atoms with Crippen molar-refractivity contribution in [1.82, 2.24) is 9.97 Å². The third-order valence-electron chi connectivity index (χ3n) is 2.98. The van der Waals surface area contributed by atoms with Crippen molar-refractivity contribution < 1.29 is 4.74 Å². The molecule has 1 N–H and O–H groups in total. The number of fused-ring (bicyclic) bond motifs is 1. The Hall–Kier alpha value is -2.29. The lowest BCUT2D eigenvalue weighted by molar-refractivity contribution is 0.242. The Morgan fingerprint density at radius 1 is 1.16 bits per heavy atom. The van der Waals surface area contributed by atoms with Crippen LogP contribution in [0.4, 0.5) is 0 Å². The summed E-state index contributed by atoms with van der Waals surface area (Å²) < 4.78 is 5.75. The number of ether oxygens (including phenoxy) is 1. The molecule has 0 saturated carbocycles. The summed E-state index contributed by atoms with van der Waals surface area (Å²) in [6.07, 6.45) is 3.92. The maximum Gasteiger partial charge on any atom is 0.137 e. The van der Waals surface area contributed by atoms with Gasteiger partial charge in [-0.3, -0.25) is 0 Å². The quantitative estimate of drug-likeness (QED) is 0.764. The summed E-state index contributed by atoms with van der Waals surface area (Å²) in [5, 5.41) is 1.13. The lowest BCUT2D eigenvalue weighted by Crippen LogP contribution is -2.05. The van der Waals surface area contributed by atoms with Gasteiger partial charge in [-0.15, -0.1) is 0 Å². The van der Waals surface area contributed by atoms with Crippen molar-refractivity contribution in [3.05, 3.63) is 48.8 Å². The van der Waals surface area contributed by atoms with Crippen molar-refractivity contribution in [2.75, 3.05) is 0 Å². The van der Waals surface area contributed by atoms with E-state index in [0.717, 1.165) is 22.3 Å². The van der Waals surface area contributed by atoms with Gasteiger partial charge in [-0.25, -0.2) is 4.98 Å². The smallest absolute Gasteiger partial charge is 0.137 e. The Labute approximate surface area is 112 Å². The SMILES string of the molecule is CC(C)Oc1cccc(-c2ccnc3[nH]ccc23)c1. The molecule has 19 heavy (non-hydrogen) atoms. The fraction of sp³-hybridized carbons (Fsp3) is 0.188. The van der Waals surface area contributed by atoms with Gasteiger partial charge in [-0.05, 0) is 49.2 Å². The van der Waals surface area contributed by atoms with Crippen LogP contribution in [0, 0.1) is 0 Å². The molecule has 0 radical (unpaired) electrons. The first-order chi connectivity index (χ1) is 9.24. The molecule has 3 aromatic rings. The number of hydrogen-bond donors (Lipinski definition) is 1. The Morgan fingerprint density at radius 3 is 2.89 bits per heavy atom. The molecule has 0 amide bonds. The Morgan fingerprint density at radius 2 is 2.05 bits per heavy atom. The van der Waals surface area contributed by atoms with Crippen LogP contribution >= 0.6 is 0 Å². The topological polar surface area (TPSA) is 37.9 Å². The van der Waals surface area contributed by atoms with E-state index in [2.05, 4.69) is 22.1 Å². The van der Waals surface area contributed by atoms with Gasteiger partial charge >= 0.3 is 0 Å². The highest BCUT2D eigenvalue weighted by Crippen LogP contribution is 2.29. The summed E-state index contributed by atoms with van der Waals surface area (Å²) in [6.45, 7) is 4.06. The van der Waals surface area contributed by atoms with Gasteiger partial charge in [0, 0.05) is 17.8 Å². The standard InChI is InChI=1S/C16H16N2O/c1-11(2)19-13-5-3-4-12(10-13)14-6-8-17-16-15(14)7-9-18-16/h3-11H,1-2H3,(H,17,18). The minimum Gasteiger partial charge on any atom is -0.491 e. The van der Waals surface area contributed by atoms with E-state index >= 15 is 0 Å². The maximum atomic E-state index is 5.75. The lowest BCUT2D eigenvalue weighted by Gasteiger charge is -2.11. The van der Waals surface area contributed by atoms with Crippen LogP contribution in [0.3, 0.4) is 0 Å². The van der Waals surface area contributed by atoms with E-state index in [1.165, 1.54) is 5.56 Å². The number of H-pyrrole nitrogens is 1. The molecule has 3 rings (SSSR count). The summed E-state index contributed by atoms with van der Waals surface area (Å²) in [4.78, 5) is 7.45. The second-order valence-electron chi connectivity index (χ2n) is 4.79. The predicted molar refractivity (Wildman–Crippen MR) is 77.3 cm³/mol. The minimum absolute atomic E-state index is 0.181. The molecule has 2 heterocycles. The molecule has 1 aromatic carbocycles. The number of nitrogens with one attached hydrogen (secondary N) is 1. The van der Waals surface area contributed by atoms with Crippen LogP contribution in [0.2, 0.25) is 0 Å². The monoisotopic (exact) mass is 252 g/mol. The molecule has 2 aromatic heterocycles. The normalized spacial score (nSPS) is 11.1. The van der Waals surface area contributed by atoms with Crippen LogP contribution in [0.5, 0.6) is 5.75 Å². The van der Waals surface area contributed by atoms with Crippen LogP contribution < -0.4 is 4.74 Å². The van der Waals surface area contributed by atoms with E-state index in [9.17, 15) is 0 Å². The maximum absolute atomic E-state index is 5.75. The molecule has 0 aliphatic carbocycles. The van der Waals surface area contributed by atoms with Crippen molar-refractivity contribution in [3.63, 3.8) is 0 Å². The Balaban J connectivity index is 2.08. The largest absolute Gasteiger partial charge is 0.491 e. The molecule has 0 spiro atoms. The highest BCUT2D eigenvalue weighted by Gasteiger charge is 2.06. The molecule has 0 unspecified atom stereocenters. The van der Waals surface area contributed by atoms with Crippen LogP contribution in [0.15, 0.2) is 48.8 Å². The molecule has 0 fully saturated rings. The molecular weight excluding hydrogens is 236 g/mol. The van der Waals surface area contributed by atoms with Crippen LogP contribution in [0.25, 0.3) is 22.2 Å². The summed E-state index contributed by atoms with van der Waals surface area (Å²) in [5.74, 6) is 0.896. The molecule has 0 saturated heterocycles. The van der Waals surface area contributed by atoms with E-state index in [4.69, 9.17) is 4.74 Å². The van der Waals surface area contributed by atoms with Crippen molar-refractivity contribution in [1.29, 1.82) is 0 Å². The zero-order valence-electron chi connectivity index (χ0n) is 11.1. The van der Waals surface area contributed by atoms with Gasteiger partial charge in [0.2, 0.25) is 0 Å². The Kier molecular flexibility index (Phi) is 2.95. The summed E-state index contributed by atoms with van der Waals surface area (Å²) in [5.41, 5.74) is 3.22. The zero-order chi connectivity index (χ0) is 13.2. The molecule has 96 valence electrons. The Bertz CT molecular complexity index is 701. The van der Waals surface area contributed by atoms with Crippen molar-refractivity contribution in [3.8, 4) is 16.9 Å². The van der Waals surface area contributed by atoms with E-state index in [1.54, 1.807) is 0 Å². The van der Waals surface area contributed by atoms with E-state index in [-0.39, 0.29) is 6.10 Å². The highest BCUT2D eigenvalue weighted by atomic mass is 16.5. The van der Waals surface area contributed by atoms with E-state index in [1.807, 2.05) is 50.5 Å². The minimum atomic E-state index is 0.181. The first-order valence-corrected chi connectivity index (χ1v) is 6.43. The number of benzene rings is 1. The van der Waals surface area contributed by atoms with E-state index < -0.39 is 0 Å². The fourth-order valence-corrected chi connectivity index (χ4v) is 2.22. The van der Waals surface area contributed by atoms with Gasteiger partial charge in [-0.2, -0.15) is 0 Å².